The van der Waals surface area contributed by atoms with E-state index in [1.165, 1.54) is 12.0 Å². The standard InChI is InChI=1S/C28H28BrN3O3S/c29-24-19-21(12-13-25(24)35-17-14-20-8-3-1-4-9-20)26(33)31-28(36)30-23-11-7-10-22(18-23)27(34)32-15-5-2-6-16-32/h1,3-4,7-13,18-19H,2,5-6,14-17H2,(H2,30,31,33,36). The maximum atomic E-state index is 12.8. The first-order chi connectivity index (χ1) is 17.5. The van der Waals surface area contributed by atoms with Crippen molar-refractivity contribution in [3.8, 4) is 5.75 Å². The number of nitrogens with zero attached hydrogens (tertiary/aromatic N) is 1. The van der Waals surface area contributed by atoms with Crippen LogP contribution >= 0.6 is 28.1 Å². The van der Waals surface area contributed by atoms with Gasteiger partial charge in [0.25, 0.3) is 11.8 Å². The second-order valence-electron chi connectivity index (χ2n) is 8.57. The molecule has 1 fully saturated rings. The Morgan fingerprint density at radius 2 is 1.69 bits per heavy atom. The van der Waals surface area contributed by atoms with E-state index in [0.717, 1.165) is 32.4 Å². The highest BCUT2D eigenvalue weighted by Gasteiger charge is 2.18. The fourth-order valence-corrected chi connectivity index (χ4v) is 4.73. The monoisotopic (exact) mass is 565 g/mol. The number of rotatable bonds is 7. The van der Waals surface area contributed by atoms with Gasteiger partial charge in [0, 0.05) is 36.3 Å². The summed E-state index contributed by atoms with van der Waals surface area (Å²) in [5.74, 6) is 0.340. The first-order valence-electron chi connectivity index (χ1n) is 12.0. The van der Waals surface area contributed by atoms with Gasteiger partial charge >= 0.3 is 0 Å². The third-order valence-corrected chi connectivity index (χ3v) is 6.75. The van der Waals surface area contributed by atoms with Crippen LogP contribution in [0.2, 0.25) is 0 Å². The number of halogens is 1. The van der Waals surface area contributed by atoms with Crippen LogP contribution in [0.4, 0.5) is 5.69 Å². The van der Waals surface area contributed by atoms with E-state index in [1.807, 2.05) is 29.2 Å². The van der Waals surface area contributed by atoms with Gasteiger partial charge in [-0.2, -0.15) is 0 Å². The summed E-state index contributed by atoms with van der Waals surface area (Å²) in [6.07, 6.45) is 4.04. The van der Waals surface area contributed by atoms with Gasteiger partial charge in [-0.05, 0) is 89.4 Å². The molecule has 3 aromatic rings. The molecule has 6 nitrogen and oxygen atoms in total. The molecule has 186 valence electrons. The number of anilines is 1. The van der Waals surface area contributed by atoms with Gasteiger partial charge < -0.3 is 15.0 Å². The number of amides is 2. The Morgan fingerprint density at radius 3 is 2.44 bits per heavy atom. The molecule has 8 heteroatoms. The molecule has 36 heavy (non-hydrogen) atoms. The Morgan fingerprint density at radius 1 is 0.917 bits per heavy atom. The van der Waals surface area contributed by atoms with Crippen LogP contribution in [-0.4, -0.2) is 41.5 Å². The quantitative estimate of drug-likeness (QED) is 0.353. The molecule has 0 atom stereocenters. The molecule has 1 aliphatic heterocycles. The zero-order valence-corrected chi connectivity index (χ0v) is 22.2. The maximum absolute atomic E-state index is 12.8. The summed E-state index contributed by atoms with van der Waals surface area (Å²) in [6, 6.07) is 22.4. The summed E-state index contributed by atoms with van der Waals surface area (Å²) >= 11 is 8.82. The van der Waals surface area contributed by atoms with Crippen molar-refractivity contribution in [2.45, 2.75) is 25.7 Å². The first kappa shape index (κ1) is 25.9. The molecule has 0 aliphatic carbocycles. The number of hydrogen-bond donors (Lipinski definition) is 2. The van der Waals surface area contributed by atoms with Crippen LogP contribution in [0.5, 0.6) is 5.75 Å². The Balaban J connectivity index is 1.30. The Labute approximate surface area is 225 Å². The van der Waals surface area contributed by atoms with E-state index in [4.69, 9.17) is 17.0 Å². The molecule has 4 rings (SSSR count). The van der Waals surface area contributed by atoms with Crippen LogP contribution in [0.15, 0.2) is 77.3 Å². The Kier molecular flexibility index (Phi) is 9.08. The lowest BCUT2D eigenvalue weighted by atomic mass is 10.1. The fraction of sp³-hybridized carbons (Fsp3) is 0.250. The molecule has 0 bridgehead atoms. The summed E-state index contributed by atoms with van der Waals surface area (Å²) in [4.78, 5) is 27.4. The molecular formula is C28H28BrN3O3S. The maximum Gasteiger partial charge on any atom is 0.257 e. The lowest BCUT2D eigenvalue weighted by molar-refractivity contribution is 0.0724. The van der Waals surface area contributed by atoms with Crippen molar-refractivity contribution in [1.82, 2.24) is 10.2 Å². The van der Waals surface area contributed by atoms with E-state index in [2.05, 4.69) is 38.7 Å². The average molecular weight is 567 g/mol. The first-order valence-corrected chi connectivity index (χ1v) is 13.2. The number of piperidine rings is 1. The summed E-state index contributed by atoms with van der Waals surface area (Å²) < 4.78 is 6.55. The molecule has 0 aromatic heterocycles. The average Bonchev–Trinajstić information content (AvgIpc) is 2.90. The SMILES string of the molecule is O=C(NC(=S)Nc1cccc(C(=O)N2CCCCC2)c1)c1ccc(OCCc2ccccc2)c(Br)c1. The third kappa shape index (κ3) is 7.15. The molecule has 3 aromatic carbocycles. The number of benzene rings is 3. The Bertz CT molecular complexity index is 1230. The zero-order valence-electron chi connectivity index (χ0n) is 19.8. The molecule has 2 amide bonds. The van der Waals surface area contributed by atoms with Gasteiger partial charge in [0.1, 0.15) is 5.75 Å². The zero-order chi connectivity index (χ0) is 25.3. The second-order valence-corrected chi connectivity index (χ2v) is 9.83. The predicted octanol–water partition coefficient (Wildman–Crippen LogP) is 5.82. The van der Waals surface area contributed by atoms with Crippen molar-refractivity contribution in [2.75, 3.05) is 25.0 Å². The minimum Gasteiger partial charge on any atom is -0.492 e. The number of carbonyl (C=O) groups is 2. The minimum absolute atomic E-state index is 0.0178. The number of hydrogen-bond acceptors (Lipinski definition) is 4. The van der Waals surface area contributed by atoms with Gasteiger partial charge in [-0.25, -0.2) is 0 Å². The molecule has 0 unspecified atom stereocenters. The number of thiocarbonyl (C=S) groups is 1. The van der Waals surface area contributed by atoms with Crippen LogP contribution in [0, 0.1) is 0 Å². The second kappa shape index (κ2) is 12.6. The van der Waals surface area contributed by atoms with E-state index < -0.39 is 0 Å². The predicted molar refractivity (Wildman–Crippen MR) is 150 cm³/mol. The molecular weight excluding hydrogens is 538 g/mol. The van der Waals surface area contributed by atoms with E-state index in [-0.39, 0.29) is 16.9 Å². The number of likely N-dealkylation sites (tertiary alicyclic amines) is 1. The highest BCUT2D eigenvalue weighted by molar-refractivity contribution is 9.10. The van der Waals surface area contributed by atoms with Crippen LogP contribution in [-0.2, 0) is 6.42 Å². The van der Waals surface area contributed by atoms with Crippen LogP contribution in [0.25, 0.3) is 0 Å². The van der Waals surface area contributed by atoms with E-state index in [9.17, 15) is 9.59 Å². The van der Waals surface area contributed by atoms with E-state index in [1.54, 1.807) is 36.4 Å². The van der Waals surface area contributed by atoms with Gasteiger partial charge in [-0.3, -0.25) is 14.9 Å². The minimum atomic E-state index is -0.343. The van der Waals surface area contributed by atoms with Crippen molar-refractivity contribution in [3.63, 3.8) is 0 Å². The molecule has 1 aliphatic rings. The molecule has 0 saturated carbocycles. The van der Waals surface area contributed by atoms with Crippen molar-refractivity contribution >= 4 is 50.8 Å². The summed E-state index contributed by atoms with van der Waals surface area (Å²) in [5.41, 5.74) is 2.89. The van der Waals surface area contributed by atoms with Crippen molar-refractivity contribution in [1.29, 1.82) is 0 Å². The fourth-order valence-electron chi connectivity index (χ4n) is 4.03. The van der Waals surface area contributed by atoms with Gasteiger partial charge in [0.2, 0.25) is 0 Å². The summed E-state index contributed by atoms with van der Waals surface area (Å²) in [6.45, 7) is 2.11. The van der Waals surface area contributed by atoms with E-state index in [0.29, 0.717) is 33.6 Å². The van der Waals surface area contributed by atoms with Crippen LogP contribution in [0.1, 0.15) is 45.5 Å². The van der Waals surface area contributed by atoms with Gasteiger partial charge in [0.05, 0.1) is 11.1 Å². The smallest absolute Gasteiger partial charge is 0.257 e. The normalized spacial score (nSPS) is 13.1. The molecule has 0 spiro atoms. The lowest BCUT2D eigenvalue weighted by Gasteiger charge is -2.26. The Hall–Kier alpha value is -3.23. The van der Waals surface area contributed by atoms with Gasteiger partial charge in [-0.15, -0.1) is 0 Å². The third-order valence-electron chi connectivity index (χ3n) is 5.92. The number of ether oxygens (including phenoxy) is 1. The number of carbonyl (C=O) groups excluding carboxylic acids is 2. The highest BCUT2D eigenvalue weighted by Crippen LogP contribution is 2.26. The summed E-state index contributed by atoms with van der Waals surface area (Å²) in [5, 5.41) is 5.85. The molecule has 2 N–H and O–H groups in total. The molecule has 0 radical (unpaired) electrons. The van der Waals surface area contributed by atoms with Crippen molar-refractivity contribution < 1.29 is 14.3 Å². The summed E-state index contributed by atoms with van der Waals surface area (Å²) in [7, 11) is 0. The molecule has 1 heterocycles. The topological polar surface area (TPSA) is 70.7 Å². The largest absolute Gasteiger partial charge is 0.492 e. The number of nitrogens with one attached hydrogen (secondary N) is 2. The van der Waals surface area contributed by atoms with Crippen molar-refractivity contribution in [3.05, 3.63) is 94.0 Å². The highest BCUT2D eigenvalue weighted by atomic mass is 79.9. The van der Waals surface area contributed by atoms with Crippen LogP contribution in [0.3, 0.4) is 0 Å². The van der Waals surface area contributed by atoms with E-state index >= 15 is 0 Å². The van der Waals surface area contributed by atoms with Gasteiger partial charge in [0.15, 0.2) is 5.11 Å². The van der Waals surface area contributed by atoms with Crippen LogP contribution < -0.4 is 15.4 Å². The van der Waals surface area contributed by atoms with Gasteiger partial charge in [-0.1, -0.05) is 36.4 Å². The molecule has 1 saturated heterocycles. The lowest BCUT2D eigenvalue weighted by Crippen LogP contribution is -2.36. The van der Waals surface area contributed by atoms with Crippen molar-refractivity contribution in [2.24, 2.45) is 0 Å².